The first-order valence-corrected chi connectivity index (χ1v) is 7.25. The molecule has 3 nitrogen and oxygen atoms in total. The molecule has 0 fully saturated rings. The van der Waals surface area contributed by atoms with Crippen LogP contribution in [0.5, 0.6) is 0 Å². The van der Waals surface area contributed by atoms with Gasteiger partial charge in [-0.05, 0) is 41.8 Å². The van der Waals surface area contributed by atoms with Crippen molar-refractivity contribution in [2.24, 2.45) is 0 Å². The van der Waals surface area contributed by atoms with Gasteiger partial charge in [0, 0.05) is 29.8 Å². The molecule has 108 valence electrons. The van der Waals surface area contributed by atoms with E-state index in [2.05, 4.69) is 5.32 Å². The number of hydrogen-bond donors (Lipinski definition) is 2. The molecule has 0 aliphatic heterocycles. The van der Waals surface area contributed by atoms with Gasteiger partial charge in [0.25, 0.3) is 0 Å². The summed E-state index contributed by atoms with van der Waals surface area (Å²) in [5.74, 6) is 0. The number of benzene rings is 2. The van der Waals surface area contributed by atoms with E-state index >= 15 is 0 Å². The number of halogens is 1. The number of aliphatic hydroxyl groups is 1. The summed E-state index contributed by atoms with van der Waals surface area (Å²) < 4.78 is 5.54. The number of anilines is 1. The van der Waals surface area contributed by atoms with Gasteiger partial charge in [0.2, 0.25) is 0 Å². The quantitative estimate of drug-likeness (QED) is 0.741. The molecule has 0 aliphatic carbocycles. The second kappa shape index (κ2) is 6.20. The summed E-state index contributed by atoms with van der Waals surface area (Å²) in [7, 11) is 0. The fourth-order valence-corrected chi connectivity index (χ4v) is 2.59. The summed E-state index contributed by atoms with van der Waals surface area (Å²) in [5, 5.41) is 13.7. The summed E-state index contributed by atoms with van der Waals surface area (Å²) in [6.07, 6.45) is 0.679. The maximum Gasteiger partial charge on any atom is 0.199 e. The molecule has 0 saturated heterocycles. The molecule has 0 radical (unpaired) electrons. The first kappa shape index (κ1) is 14.0. The fourth-order valence-electron chi connectivity index (χ4n) is 2.34. The zero-order valence-electron chi connectivity index (χ0n) is 11.5. The van der Waals surface area contributed by atoms with Gasteiger partial charge in [-0.3, -0.25) is 0 Å². The molecule has 0 saturated carbocycles. The molecule has 2 aromatic carbocycles. The molecule has 0 atom stereocenters. The molecule has 4 heteroatoms. The Morgan fingerprint density at radius 3 is 2.57 bits per heavy atom. The molecule has 0 bridgehead atoms. The minimum atomic E-state index is 0.170. The Labute approximate surface area is 128 Å². The number of aliphatic hydroxyl groups excluding tert-OH is 1. The highest BCUT2D eigenvalue weighted by atomic mass is 35.5. The maximum atomic E-state index is 8.91. The van der Waals surface area contributed by atoms with Crippen LogP contribution >= 0.6 is 11.6 Å². The molecule has 2 N–H and O–H groups in total. The Kier molecular flexibility index (Phi) is 4.13. The highest BCUT2D eigenvalue weighted by Crippen LogP contribution is 2.30. The highest BCUT2D eigenvalue weighted by molar-refractivity contribution is 6.30. The molecule has 1 aromatic heterocycles. The van der Waals surface area contributed by atoms with Crippen molar-refractivity contribution in [3.63, 3.8) is 0 Å². The van der Waals surface area contributed by atoms with Gasteiger partial charge in [0.1, 0.15) is 5.58 Å². The molecule has 3 aromatic rings. The van der Waals surface area contributed by atoms with E-state index in [9.17, 15) is 0 Å². The first-order valence-electron chi connectivity index (χ1n) is 6.87. The zero-order valence-corrected chi connectivity index (χ0v) is 12.2. The molecule has 1 heterocycles. The fraction of sp³-hybridized carbons (Fsp3) is 0.176. The van der Waals surface area contributed by atoms with Crippen LogP contribution in [-0.4, -0.2) is 11.7 Å². The molecular formula is C17H16ClNO2. The summed E-state index contributed by atoms with van der Waals surface area (Å²) in [6, 6.07) is 15.8. The van der Waals surface area contributed by atoms with Crippen molar-refractivity contribution >= 4 is 28.3 Å². The molecule has 21 heavy (non-hydrogen) atoms. The SMILES string of the molecule is OCCc1ccc(NCc2c(Cl)oc3ccccc23)cc1. The van der Waals surface area contributed by atoms with Crippen LogP contribution in [0.4, 0.5) is 5.69 Å². The highest BCUT2D eigenvalue weighted by Gasteiger charge is 2.11. The van der Waals surface area contributed by atoms with Crippen molar-refractivity contribution in [1.29, 1.82) is 0 Å². The normalized spacial score (nSPS) is 11.0. The van der Waals surface area contributed by atoms with Gasteiger partial charge in [-0.15, -0.1) is 0 Å². The molecule has 0 amide bonds. The van der Waals surface area contributed by atoms with Crippen LogP contribution in [0.1, 0.15) is 11.1 Å². The van der Waals surface area contributed by atoms with E-state index in [1.807, 2.05) is 48.5 Å². The van der Waals surface area contributed by atoms with E-state index < -0.39 is 0 Å². The molecular weight excluding hydrogens is 286 g/mol. The van der Waals surface area contributed by atoms with Crippen LogP contribution in [0.2, 0.25) is 5.22 Å². The van der Waals surface area contributed by atoms with Crippen LogP contribution in [-0.2, 0) is 13.0 Å². The monoisotopic (exact) mass is 301 g/mol. The van der Waals surface area contributed by atoms with Crippen molar-refractivity contribution in [3.05, 3.63) is 64.9 Å². The summed E-state index contributed by atoms with van der Waals surface area (Å²) in [4.78, 5) is 0. The van der Waals surface area contributed by atoms with Gasteiger partial charge in [-0.1, -0.05) is 30.3 Å². The topological polar surface area (TPSA) is 45.4 Å². The van der Waals surface area contributed by atoms with Crippen molar-refractivity contribution in [3.8, 4) is 0 Å². The van der Waals surface area contributed by atoms with E-state index in [1.54, 1.807) is 0 Å². The molecule has 3 rings (SSSR count). The summed E-state index contributed by atoms with van der Waals surface area (Å²) >= 11 is 6.17. The van der Waals surface area contributed by atoms with Gasteiger partial charge in [0.05, 0.1) is 0 Å². The van der Waals surface area contributed by atoms with Gasteiger partial charge in [-0.2, -0.15) is 0 Å². The maximum absolute atomic E-state index is 8.91. The molecule has 0 spiro atoms. The van der Waals surface area contributed by atoms with Crippen LogP contribution < -0.4 is 5.32 Å². The lowest BCUT2D eigenvalue weighted by Crippen LogP contribution is -1.99. The number of furan rings is 1. The summed E-state index contributed by atoms with van der Waals surface area (Å²) in [5.41, 5.74) is 3.90. The predicted molar refractivity (Wildman–Crippen MR) is 85.8 cm³/mol. The molecule has 0 aliphatic rings. The largest absolute Gasteiger partial charge is 0.444 e. The number of fused-ring (bicyclic) bond motifs is 1. The Bertz CT molecular complexity index is 734. The van der Waals surface area contributed by atoms with E-state index in [0.29, 0.717) is 18.2 Å². The number of rotatable bonds is 5. The van der Waals surface area contributed by atoms with E-state index in [1.165, 1.54) is 0 Å². The standard InChI is InChI=1S/C17H16ClNO2/c18-17-15(14-3-1-2-4-16(14)21-17)11-19-13-7-5-12(6-8-13)9-10-20/h1-8,19-20H,9-11H2. The third kappa shape index (κ3) is 3.04. The van der Waals surface area contributed by atoms with Crippen LogP contribution in [0.3, 0.4) is 0 Å². The lowest BCUT2D eigenvalue weighted by atomic mass is 10.1. The minimum Gasteiger partial charge on any atom is -0.444 e. The van der Waals surface area contributed by atoms with E-state index in [-0.39, 0.29) is 6.61 Å². The van der Waals surface area contributed by atoms with Gasteiger partial charge >= 0.3 is 0 Å². The van der Waals surface area contributed by atoms with Gasteiger partial charge < -0.3 is 14.8 Å². The number of hydrogen-bond acceptors (Lipinski definition) is 3. The van der Waals surface area contributed by atoms with Crippen LogP contribution in [0, 0.1) is 0 Å². The lowest BCUT2D eigenvalue weighted by Gasteiger charge is -2.07. The van der Waals surface area contributed by atoms with Crippen LogP contribution in [0.15, 0.2) is 52.9 Å². The van der Waals surface area contributed by atoms with Crippen molar-refractivity contribution in [2.75, 3.05) is 11.9 Å². The Hall–Kier alpha value is -1.97. The Balaban J connectivity index is 1.75. The van der Waals surface area contributed by atoms with E-state index in [4.69, 9.17) is 21.1 Å². The molecule has 0 unspecified atom stereocenters. The van der Waals surface area contributed by atoms with Crippen LogP contribution in [0.25, 0.3) is 11.0 Å². The predicted octanol–water partition coefficient (Wildman–Crippen LogP) is 4.23. The third-order valence-corrected chi connectivity index (χ3v) is 3.78. The van der Waals surface area contributed by atoms with Crippen molar-refractivity contribution in [1.82, 2.24) is 0 Å². The van der Waals surface area contributed by atoms with Gasteiger partial charge in [0.15, 0.2) is 5.22 Å². The minimum absolute atomic E-state index is 0.170. The second-order valence-electron chi connectivity index (χ2n) is 4.87. The smallest absolute Gasteiger partial charge is 0.199 e. The Morgan fingerprint density at radius 1 is 1.05 bits per heavy atom. The lowest BCUT2D eigenvalue weighted by molar-refractivity contribution is 0.299. The Morgan fingerprint density at radius 2 is 1.81 bits per heavy atom. The average Bonchev–Trinajstić information content (AvgIpc) is 2.82. The van der Waals surface area contributed by atoms with Crippen molar-refractivity contribution < 1.29 is 9.52 Å². The zero-order chi connectivity index (χ0) is 14.7. The second-order valence-corrected chi connectivity index (χ2v) is 5.22. The first-order chi connectivity index (χ1) is 10.3. The third-order valence-electron chi connectivity index (χ3n) is 3.47. The number of para-hydroxylation sites is 1. The average molecular weight is 302 g/mol. The van der Waals surface area contributed by atoms with Gasteiger partial charge in [-0.25, -0.2) is 0 Å². The van der Waals surface area contributed by atoms with Crippen molar-refractivity contribution in [2.45, 2.75) is 13.0 Å². The van der Waals surface area contributed by atoms with E-state index in [0.717, 1.165) is 27.8 Å². The summed E-state index contributed by atoms with van der Waals surface area (Å²) in [6.45, 7) is 0.776. The number of nitrogens with one attached hydrogen (secondary N) is 1.